The fraction of sp³-hybridized carbons (Fsp3) is 0.480. The molecule has 1 atom stereocenters. The molecule has 150 valence electrons. The quantitative estimate of drug-likeness (QED) is 0.783. The third-order valence-corrected chi connectivity index (χ3v) is 5.32. The van der Waals surface area contributed by atoms with Gasteiger partial charge in [0.05, 0.1) is 0 Å². The number of hydrogen-bond acceptors (Lipinski definition) is 2. The Hall–Kier alpha value is -2.13. The average Bonchev–Trinajstić information content (AvgIpc) is 2.60. The van der Waals surface area contributed by atoms with E-state index in [4.69, 9.17) is 0 Å². The van der Waals surface area contributed by atoms with Crippen molar-refractivity contribution in [1.82, 2.24) is 10.2 Å². The summed E-state index contributed by atoms with van der Waals surface area (Å²) >= 11 is 0. The first-order valence-corrected chi connectivity index (χ1v) is 10.3. The largest absolute Gasteiger partial charge is 0.350 e. The molecular weight excluding hydrogens is 344 g/mol. The molecule has 28 heavy (non-hydrogen) atoms. The SMILES string of the molecule is CC(C)(C)CC(C)(C)NC(=O)C(c1ccccc1)N1CCc2ccccc2C1. The van der Waals surface area contributed by atoms with Crippen LogP contribution < -0.4 is 5.32 Å². The van der Waals surface area contributed by atoms with Gasteiger partial charge in [-0.05, 0) is 48.8 Å². The third-order valence-electron chi connectivity index (χ3n) is 5.32. The van der Waals surface area contributed by atoms with Gasteiger partial charge >= 0.3 is 0 Å². The molecule has 1 aliphatic heterocycles. The van der Waals surface area contributed by atoms with Gasteiger partial charge in [-0.15, -0.1) is 0 Å². The van der Waals surface area contributed by atoms with Crippen molar-refractivity contribution in [3.8, 4) is 0 Å². The molecule has 1 N–H and O–H groups in total. The minimum absolute atomic E-state index is 0.0971. The van der Waals surface area contributed by atoms with E-state index < -0.39 is 0 Å². The summed E-state index contributed by atoms with van der Waals surface area (Å²) < 4.78 is 0. The van der Waals surface area contributed by atoms with Crippen LogP contribution in [-0.2, 0) is 17.8 Å². The van der Waals surface area contributed by atoms with Crippen LogP contribution in [0, 0.1) is 5.41 Å². The first kappa shape index (κ1) is 20.6. The van der Waals surface area contributed by atoms with Crippen molar-refractivity contribution in [3.05, 3.63) is 71.3 Å². The van der Waals surface area contributed by atoms with E-state index in [1.54, 1.807) is 0 Å². The number of fused-ring (bicyclic) bond motifs is 1. The normalized spacial score (nSPS) is 16.3. The third kappa shape index (κ3) is 5.23. The lowest BCUT2D eigenvalue weighted by Crippen LogP contribution is -2.51. The highest BCUT2D eigenvalue weighted by Gasteiger charge is 2.34. The van der Waals surface area contributed by atoms with Crippen LogP contribution in [0.5, 0.6) is 0 Å². The molecule has 0 aromatic heterocycles. The second-order valence-electron chi connectivity index (χ2n) is 9.91. The predicted molar refractivity (Wildman–Crippen MR) is 116 cm³/mol. The zero-order chi connectivity index (χ0) is 20.4. The molecule has 0 saturated heterocycles. The van der Waals surface area contributed by atoms with Gasteiger partial charge in [0.25, 0.3) is 0 Å². The molecule has 0 saturated carbocycles. The highest BCUT2D eigenvalue weighted by Crippen LogP contribution is 2.31. The highest BCUT2D eigenvalue weighted by molar-refractivity contribution is 5.84. The molecule has 1 heterocycles. The summed E-state index contributed by atoms with van der Waals surface area (Å²) in [5.41, 5.74) is 3.69. The molecule has 2 aromatic carbocycles. The summed E-state index contributed by atoms with van der Waals surface area (Å²) in [5, 5.41) is 3.35. The molecule has 1 unspecified atom stereocenters. The van der Waals surface area contributed by atoms with Gasteiger partial charge in [-0.1, -0.05) is 75.4 Å². The van der Waals surface area contributed by atoms with E-state index in [1.807, 2.05) is 18.2 Å². The first-order valence-electron chi connectivity index (χ1n) is 10.3. The van der Waals surface area contributed by atoms with Crippen LogP contribution in [0.15, 0.2) is 54.6 Å². The van der Waals surface area contributed by atoms with Gasteiger partial charge in [0.1, 0.15) is 6.04 Å². The number of amides is 1. The van der Waals surface area contributed by atoms with Crippen molar-refractivity contribution in [3.63, 3.8) is 0 Å². The summed E-state index contributed by atoms with van der Waals surface area (Å²) in [7, 11) is 0. The van der Waals surface area contributed by atoms with Gasteiger partial charge in [0.15, 0.2) is 0 Å². The molecule has 1 amide bonds. The van der Waals surface area contributed by atoms with Gasteiger partial charge in [-0.25, -0.2) is 0 Å². The zero-order valence-corrected chi connectivity index (χ0v) is 18.0. The van der Waals surface area contributed by atoms with E-state index in [1.165, 1.54) is 11.1 Å². The lowest BCUT2D eigenvalue weighted by Gasteiger charge is -2.39. The first-order chi connectivity index (χ1) is 13.1. The summed E-state index contributed by atoms with van der Waals surface area (Å²) in [6.07, 6.45) is 1.91. The van der Waals surface area contributed by atoms with Gasteiger partial charge in [0, 0.05) is 18.6 Å². The fourth-order valence-corrected chi connectivity index (χ4v) is 4.67. The van der Waals surface area contributed by atoms with Crippen molar-refractivity contribution in [2.75, 3.05) is 6.54 Å². The summed E-state index contributed by atoms with van der Waals surface area (Å²) in [6.45, 7) is 12.6. The Morgan fingerprint density at radius 1 is 0.964 bits per heavy atom. The van der Waals surface area contributed by atoms with Crippen molar-refractivity contribution in [2.24, 2.45) is 5.41 Å². The average molecular weight is 379 g/mol. The van der Waals surface area contributed by atoms with E-state index in [0.29, 0.717) is 0 Å². The number of benzene rings is 2. The molecular formula is C25H34N2O. The van der Waals surface area contributed by atoms with Crippen LogP contribution in [0.2, 0.25) is 0 Å². The van der Waals surface area contributed by atoms with E-state index in [0.717, 1.165) is 31.5 Å². The molecule has 0 spiro atoms. The van der Waals surface area contributed by atoms with E-state index >= 15 is 0 Å². The number of hydrogen-bond donors (Lipinski definition) is 1. The number of nitrogens with zero attached hydrogens (tertiary/aromatic N) is 1. The second-order valence-corrected chi connectivity index (χ2v) is 9.91. The lowest BCUT2D eigenvalue weighted by atomic mass is 9.81. The van der Waals surface area contributed by atoms with Crippen molar-refractivity contribution >= 4 is 5.91 Å². The lowest BCUT2D eigenvalue weighted by molar-refractivity contribution is -0.129. The van der Waals surface area contributed by atoms with Gasteiger partial charge < -0.3 is 5.32 Å². The van der Waals surface area contributed by atoms with Crippen LogP contribution in [0.1, 0.15) is 63.8 Å². The molecule has 3 nitrogen and oxygen atoms in total. The van der Waals surface area contributed by atoms with Crippen molar-refractivity contribution in [2.45, 2.75) is 65.6 Å². The smallest absolute Gasteiger partial charge is 0.242 e. The molecule has 0 fully saturated rings. The number of rotatable bonds is 5. The van der Waals surface area contributed by atoms with Crippen LogP contribution in [-0.4, -0.2) is 22.9 Å². The van der Waals surface area contributed by atoms with Crippen molar-refractivity contribution in [1.29, 1.82) is 0 Å². The number of carbonyl (C=O) groups excluding carboxylic acids is 1. The molecule has 3 heteroatoms. The van der Waals surface area contributed by atoms with Crippen LogP contribution in [0.3, 0.4) is 0 Å². The molecule has 2 aromatic rings. The van der Waals surface area contributed by atoms with E-state index in [9.17, 15) is 4.79 Å². The van der Waals surface area contributed by atoms with Crippen molar-refractivity contribution < 1.29 is 4.79 Å². The second kappa shape index (κ2) is 8.08. The van der Waals surface area contributed by atoms with Gasteiger partial charge in [0.2, 0.25) is 5.91 Å². The zero-order valence-electron chi connectivity index (χ0n) is 18.0. The van der Waals surface area contributed by atoms with E-state index in [2.05, 4.69) is 81.2 Å². The topological polar surface area (TPSA) is 32.3 Å². The maximum atomic E-state index is 13.5. The molecule has 0 radical (unpaired) electrons. The summed E-state index contributed by atoms with van der Waals surface area (Å²) in [5.74, 6) is 0.0971. The summed E-state index contributed by atoms with van der Waals surface area (Å²) in [6, 6.07) is 18.5. The maximum Gasteiger partial charge on any atom is 0.242 e. The van der Waals surface area contributed by atoms with Crippen LogP contribution in [0.4, 0.5) is 0 Å². The molecule has 3 rings (SSSR count). The fourth-order valence-electron chi connectivity index (χ4n) is 4.67. The summed E-state index contributed by atoms with van der Waals surface area (Å²) in [4.78, 5) is 15.8. The Morgan fingerprint density at radius 3 is 2.21 bits per heavy atom. The maximum absolute atomic E-state index is 13.5. The standard InChI is InChI=1S/C25H34N2O/c1-24(2,3)18-25(4,5)26-23(28)22(20-12-7-6-8-13-20)27-16-15-19-11-9-10-14-21(19)17-27/h6-14,22H,15-18H2,1-5H3,(H,26,28). The predicted octanol–water partition coefficient (Wildman–Crippen LogP) is 5.12. The van der Waals surface area contributed by atoms with E-state index in [-0.39, 0.29) is 22.9 Å². The minimum atomic E-state index is -0.270. The molecule has 0 bridgehead atoms. The minimum Gasteiger partial charge on any atom is -0.350 e. The Balaban J connectivity index is 1.85. The number of carbonyl (C=O) groups is 1. The Labute approximate surface area is 170 Å². The monoisotopic (exact) mass is 378 g/mol. The Kier molecular flexibility index (Phi) is 5.95. The van der Waals surface area contributed by atoms with Crippen LogP contribution in [0.25, 0.3) is 0 Å². The Morgan fingerprint density at radius 2 is 1.57 bits per heavy atom. The highest BCUT2D eigenvalue weighted by atomic mass is 16.2. The van der Waals surface area contributed by atoms with Crippen LogP contribution >= 0.6 is 0 Å². The Bertz CT molecular complexity index is 805. The number of nitrogens with one attached hydrogen (secondary N) is 1. The molecule has 1 aliphatic rings. The van der Waals surface area contributed by atoms with Gasteiger partial charge in [-0.3, -0.25) is 9.69 Å². The van der Waals surface area contributed by atoms with Gasteiger partial charge in [-0.2, -0.15) is 0 Å². The molecule has 0 aliphatic carbocycles.